The molecule has 4 heteroatoms. The van der Waals surface area contributed by atoms with E-state index in [0.717, 1.165) is 38.7 Å². The molecule has 1 aliphatic carbocycles. The van der Waals surface area contributed by atoms with Crippen molar-refractivity contribution in [2.45, 2.75) is 60.8 Å². The molecule has 0 aromatic heterocycles. The third-order valence-electron chi connectivity index (χ3n) is 4.57. The number of hydrogen-bond donors (Lipinski definition) is 1. The van der Waals surface area contributed by atoms with Gasteiger partial charge in [0.1, 0.15) is 0 Å². The Morgan fingerprint density at radius 1 is 1.29 bits per heavy atom. The Balaban J connectivity index is 1.72. The first kappa shape index (κ1) is 14.9. The summed E-state index contributed by atoms with van der Waals surface area (Å²) in [5, 5.41) is 3.25. The molecule has 2 aliphatic rings. The molecule has 3 rings (SSSR count). The van der Waals surface area contributed by atoms with Crippen LogP contribution in [0.5, 0.6) is 0 Å². The van der Waals surface area contributed by atoms with E-state index >= 15 is 0 Å². The highest BCUT2D eigenvalue weighted by Crippen LogP contribution is 2.45. The van der Waals surface area contributed by atoms with Crippen LogP contribution in [0.15, 0.2) is 35.2 Å². The van der Waals surface area contributed by atoms with Gasteiger partial charge in [-0.2, -0.15) is 0 Å². The summed E-state index contributed by atoms with van der Waals surface area (Å²) < 4.78 is 5.27. The van der Waals surface area contributed by atoms with Crippen LogP contribution in [-0.4, -0.2) is 29.4 Å². The van der Waals surface area contributed by atoms with Gasteiger partial charge in [0.05, 0.1) is 16.9 Å². The Labute approximate surface area is 130 Å². The van der Waals surface area contributed by atoms with E-state index in [9.17, 15) is 4.79 Å². The highest BCUT2D eigenvalue weighted by molar-refractivity contribution is 8.01. The van der Waals surface area contributed by atoms with Crippen molar-refractivity contribution in [3.8, 4) is 0 Å². The van der Waals surface area contributed by atoms with Gasteiger partial charge in [-0.25, -0.2) is 0 Å². The van der Waals surface area contributed by atoms with Crippen LogP contribution in [0.25, 0.3) is 0 Å². The van der Waals surface area contributed by atoms with Crippen LogP contribution in [0.3, 0.4) is 0 Å². The van der Waals surface area contributed by atoms with E-state index < -0.39 is 0 Å². The zero-order valence-corrected chi connectivity index (χ0v) is 13.3. The predicted octanol–water partition coefficient (Wildman–Crippen LogP) is 3.39. The Morgan fingerprint density at radius 2 is 2.00 bits per heavy atom. The quantitative estimate of drug-likeness (QED) is 0.926. The van der Waals surface area contributed by atoms with Crippen LogP contribution in [-0.2, 0) is 9.53 Å². The number of nitrogens with one attached hydrogen (secondary N) is 1. The fourth-order valence-electron chi connectivity index (χ4n) is 3.26. The summed E-state index contributed by atoms with van der Waals surface area (Å²) in [5.74, 6) is 0.205. The van der Waals surface area contributed by atoms with Crippen molar-refractivity contribution < 1.29 is 9.53 Å². The lowest BCUT2D eigenvalue weighted by Gasteiger charge is -2.29. The van der Waals surface area contributed by atoms with Crippen molar-refractivity contribution in [1.82, 2.24) is 5.32 Å². The summed E-state index contributed by atoms with van der Waals surface area (Å²) in [4.78, 5) is 14.1. The summed E-state index contributed by atoms with van der Waals surface area (Å²) in [5.41, 5.74) is 0. The van der Waals surface area contributed by atoms with Gasteiger partial charge >= 0.3 is 0 Å². The normalized spacial score (nSPS) is 27.7. The van der Waals surface area contributed by atoms with Gasteiger partial charge < -0.3 is 10.1 Å². The number of hydrogen-bond acceptors (Lipinski definition) is 3. The minimum Gasteiger partial charge on any atom is -0.376 e. The van der Waals surface area contributed by atoms with Crippen molar-refractivity contribution in [2.24, 2.45) is 0 Å². The molecule has 1 aromatic carbocycles. The highest BCUT2D eigenvalue weighted by Gasteiger charge is 2.43. The van der Waals surface area contributed by atoms with E-state index in [1.54, 1.807) is 11.8 Å². The standard InChI is InChI=1S/C17H23NO2S/c1-13-15(9-12-20-13)18-16(19)17(10-5-6-11-17)21-14-7-3-2-4-8-14/h2-4,7-8,13,15H,5-6,9-12H2,1H3,(H,18,19)/t13-,15-/m1/s1. The zero-order valence-electron chi connectivity index (χ0n) is 12.5. The molecule has 1 N–H and O–H groups in total. The fourth-order valence-corrected chi connectivity index (χ4v) is 4.65. The van der Waals surface area contributed by atoms with E-state index in [1.165, 1.54) is 4.90 Å². The lowest BCUT2D eigenvalue weighted by Crippen LogP contribution is -2.48. The monoisotopic (exact) mass is 305 g/mol. The molecule has 0 bridgehead atoms. The van der Waals surface area contributed by atoms with Crippen molar-refractivity contribution >= 4 is 17.7 Å². The van der Waals surface area contributed by atoms with Gasteiger partial charge in [-0.1, -0.05) is 31.0 Å². The van der Waals surface area contributed by atoms with Gasteiger partial charge in [0.2, 0.25) is 5.91 Å². The molecule has 1 amide bonds. The Hall–Kier alpha value is -1.00. The fraction of sp³-hybridized carbons (Fsp3) is 0.588. The largest absolute Gasteiger partial charge is 0.376 e. The molecule has 114 valence electrons. The number of amides is 1. The zero-order chi connectivity index (χ0) is 14.7. The maximum Gasteiger partial charge on any atom is 0.236 e. The minimum atomic E-state index is -0.288. The molecule has 1 saturated heterocycles. The van der Waals surface area contributed by atoms with Crippen LogP contribution in [0.2, 0.25) is 0 Å². The summed E-state index contributed by atoms with van der Waals surface area (Å²) in [7, 11) is 0. The van der Waals surface area contributed by atoms with E-state index in [4.69, 9.17) is 4.74 Å². The molecule has 1 saturated carbocycles. The molecule has 1 aliphatic heterocycles. The Bertz CT molecular complexity index is 485. The van der Waals surface area contributed by atoms with Crippen LogP contribution in [0.4, 0.5) is 0 Å². The van der Waals surface area contributed by atoms with Gasteiger partial charge in [0, 0.05) is 11.5 Å². The van der Waals surface area contributed by atoms with Gasteiger partial charge in [-0.05, 0) is 38.3 Å². The first-order valence-corrected chi connectivity index (χ1v) is 8.68. The van der Waals surface area contributed by atoms with Crippen molar-refractivity contribution in [3.63, 3.8) is 0 Å². The molecule has 21 heavy (non-hydrogen) atoms. The number of carbonyl (C=O) groups excluding carboxylic acids is 1. The number of benzene rings is 1. The van der Waals surface area contributed by atoms with Crippen molar-refractivity contribution in [2.75, 3.05) is 6.61 Å². The third-order valence-corrected chi connectivity index (χ3v) is 6.07. The van der Waals surface area contributed by atoms with Crippen LogP contribution < -0.4 is 5.32 Å². The second-order valence-electron chi connectivity index (χ2n) is 6.06. The average molecular weight is 305 g/mol. The van der Waals surface area contributed by atoms with Gasteiger partial charge in [0.15, 0.2) is 0 Å². The second kappa shape index (κ2) is 6.41. The summed E-state index contributed by atoms with van der Waals surface area (Å²) in [6.45, 7) is 2.80. The van der Waals surface area contributed by atoms with Crippen molar-refractivity contribution in [1.29, 1.82) is 0 Å². The molecule has 0 unspecified atom stereocenters. The van der Waals surface area contributed by atoms with Crippen LogP contribution in [0.1, 0.15) is 39.0 Å². The lowest BCUT2D eigenvalue weighted by atomic mass is 10.0. The maximum atomic E-state index is 12.9. The minimum absolute atomic E-state index is 0.133. The number of ether oxygens (including phenoxy) is 1. The average Bonchev–Trinajstić information content (AvgIpc) is 3.11. The highest BCUT2D eigenvalue weighted by atomic mass is 32.2. The summed E-state index contributed by atoms with van der Waals surface area (Å²) in [6.07, 6.45) is 5.29. The van der Waals surface area contributed by atoms with Gasteiger partial charge in [0.25, 0.3) is 0 Å². The molecular weight excluding hydrogens is 282 g/mol. The van der Waals surface area contributed by atoms with E-state index in [2.05, 4.69) is 17.4 Å². The smallest absolute Gasteiger partial charge is 0.236 e. The summed E-state index contributed by atoms with van der Waals surface area (Å²) >= 11 is 1.74. The van der Waals surface area contributed by atoms with E-state index in [1.807, 2.05) is 25.1 Å². The SMILES string of the molecule is C[C@H]1OCC[C@H]1NC(=O)C1(Sc2ccccc2)CCCC1. The number of carbonyl (C=O) groups is 1. The molecule has 0 radical (unpaired) electrons. The van der Waals surface area contributed by atoms with Gasteiger partial charge in [-0.3, -0.25) is 4.79 Å². The second-order valence-corrected chi connectivity index (χ2v) is 7.52. The molecule has 0 spiro atoms. The van der Waals surface area contributed by atoms with Crippen molar-refractivity contribution in [3.05, 3.63) is 30.3 Å². The predicted molar refractivity (Wildman–Crippen MR) is 85.5 cm³/mol. The van der Waals surface area contributed by atoms with Crippen LogP contribution >= 0.6 is 11.8 Å². The Kier molecular flexibility index (Phi) is 4.55. The Morgan fingerprint density at radius 3 is 2.62 bits per heavy atom. The molecule has 2 fully saturated rings. The lowest BCUT2D eigenvalue weighted by molar-refractivity contribution is -0.124. The first-order chi connectivity index (χ1) is 10.2. The molecule has 1 aromatic rings. The van der Waals surface area contributed by atoms with E-state index in [-0.39, 0.29) is 22.8 Å². The third kappa shape index (κ3) is 3.27. The van der Waals surface area contributed by atoms with Gasteiger partial charge in [-0.15, -0.1) is 11.8 Å². The molecular formula is C17H23NO2S. The maximum absolute atomic E-state index is 12.9. The van der Waals surface area contributed by atoms with Crippen LogP contribution in [0, 0.1) is 0 Å². The molecule has 1 heterocycles. The molecule has 2 atom stereocenters. The molecule has 3 nitrogen and oxygen atoms in total. The van der Waals surface area contributed by atoms with E-state index in [0.29, 0.717) is 0 Å². The number of rotatable bonds is 4. The first-order valence-electron chi connectivity index (χ1n) is 7.86. The topological polar surface area (TPSA) is 38.3 Å². The number of thioether (sulfide) groups is 1. The summed E-state index contributed by atoms with van der Waals surface area (Å²) in [6, 6.07) is 10.5.